The third kappa shape index (κ3) is 3.67. The molecular weight excluding hydrogens is 380 g/mol. The van der Waals surface area contributed by atoms with Crippen molar-refractivity contribution >= 4 is 10.8 Å². The van der Waals surface area contributed by atoms with Crippen molar-refractivity contribution in [3.05, 3.63) is 94.8 Å². The minimum atomic E-state index is -1.52. The summed E-state index contributed by atoms with van der Waals surface area (Å²) in [5.41, 5.74) is 1.98. The molecule has 0 atom stereocenters. The van der Waals surface area contributed by atoms with Crippen molar-refractivity contribution < 1.29 is 17.6 Å². The van der Waals surface area contributed by atoms with Crippen LogP contribution in [0.25, 0.3) is 22.2 Å². The van der Waals surface area contributed by atoms with Gasteiger partial charge in [-0.25, -0.2) is 27.5 Å². The van der Waals surface area contributed by atoms with E-state index in [1.807, 2.05) is 6.92 Å². The van der Waals surface area contributed by atoms with Gasteiger partial charge >= 0.3 is 0 Å². The highest BCUT2D eigenvalue weighted by atomic mass is 19.2. The molecule has 0 aliphatic rings. The molecule has 1 aromatic heterocycles. The second-order valence-corrected chi connectivity index (χ2v) is 6.45. The van der Waals surface area contributed by atoms with Gasteiger partial charge in [0.05, 0.1) is 5.56 Å². The fourth-order valence-electron chi connectivity index (χ4n) is 2.82. The maximum absolute atomic E-state index is 14.4. The van der Waals surface area contributed by atoms with E-state index in [1.165, 1.54) is 30.3 Å². The number of aromatic nitrogens is 2. The van der Waals surface area contributed by atoms with E-state index in [2.05, 4.69) is 21.8 Å². The van der Waals surface area contributed by atoms with Crippen LogP contribution >= 0.6 is 0 Å². The predicted octanol–water partition coefficient (Wildman–Crippen LogP) is 5.56. The Labute approximate surface area is 163 Å². The molecule has 142 valence electrons. The van der Waals surface area contributed by atoms with Gasteiger partial charge in [-0.15, -0.1) is 0 Å². The molecule has 0 aliphatic carbocycles. The Morgan fingerprint density at radius 3 is 2.24 bits per heavy atom. The van der Waals surface area contributed by atoms with E-state index in [-0.39, 0.29) is 16.3 Å². The lowest BCUT2D eigenvalue weighted by molar-refractivity contribution is 0.453. The largest absolute Gasteiger partial charge is 0.236 e. The Balaban J connectivity index is 1.67. The van der Waals surface area contributed by atoms with E-state index in [0.717, 1.165) is 11.6 Å². The van der Waals surface area contributed by atoms with Crippen molar-refractivity contribution in [3.63, 3.8) is 0 Å². The molecule has 0 spiro atoms. The first kappa shape index (κ1) is 18.6. The highest BCUT2D eigenvalue weighted by molar-refractivity contribution is 5.84. The monoisotopic (exact) mass is 392 g/mol. The number of hydrogen-bond acceptors (Lipinski definition) is 2. The van der Waals surface area contributed by atoms with Crippen LogP contribution in [0.5, 0.6) is 0 Å². The molecular formula is C23H12F4N2. The van der Waals surface area contributed by atoms with Gasteiger partial charge in [0, 0.05) is 28.9 Å². The van der Waals surface area contributed by atoms with Crippen molar-refractivity contribution in [1.29, 1.82) is 0 Å². The van der Waals surface area contributed by atoms with Crippen LogP contribution in [0.3, 0.4) is 0 Å². The maximum Gasteiger partial charge on any atom is 0.195 e. The second-order valence-electron chi connectivity index (χ2n) is 6.45. The zero-order chi connectivity index (χ0) is 20.5. The van der Waals surface area contributed by atoms with Gasteiger partial charge < -0.3 is 0 Å². The van der Waals surface area contributed by atoms with E-state index in [0.29, 0.717) is 17.0 Å². The lowest BCUT2D eigenvalue weighted by Crippen LogP contribution is -1.93. The molecule has 4 rings (SSSR count). The summed E-state index contributed by atoms with van der Waals surface area (Å²) in [5.74, 6) is 1.26. The Hall–Kier alpha value is -3.72. The average molecular weight is 392 g/mol. The minimum absolute atomic E-state index is 0.0527. The smallest absolute Gasteiger partial charge is 0.195 e. The van der Waals surface area contributed by atoms with E-state index in [1.54, 1.807) is 18.5 Å². The van der Waals surface area contributed by atoms with Crippen molar-refractivity contribution in [3.8, 4) is 23.2 Å². The van der Waals surface area contributed by atoms with Crippen LogP contribution in [0.15, 0.2) is 54.9 Å². The van der Waals surface area contributed by atoms with Crippen LogP contribution in [-0.4, -0.2) is 9.97 Å². The summed E-state index contributed by atoms with van der Waals surface area (Å²) in [6, 6.07) is 9.55. The summed E-state index contributed by atoms with van der Waals surface area (Å²) in [6.07, 6.45) is 3.29. The molecule has 2 nitrogen and oxygen atoms in total. The van der Waals surface area contributed by atoms with Crippen LogP contribution in [0.1, 0.15) is 16.7 Å². The van der Waals surface area contributed by atoms with Gasteiger partial charge in [-0.2, -0.15) is 0 Å². The van der Waals surface area contributed by atoms with Gasteiger partial charge in [-0.05, 0) is 54.3 Å². The van der Waals surface area contributed by atoms with Gasteiger partial charge in [0.25, 0.3) is 0 Å². The number of fused-ring (bicyclic) bond motifs is 1. The van der Waals surface area contributed by atoms with E-state index < -0.39 is 23.3 Å². The topological polar surface area (TPSA) is 25.8 Å². The molecule has 0 radical (unpaired) electrons. The number of hydrogen-bond donors (Lipinski definition) is 0. The molecule has 0 N–H and O–H groups in total. The first-order valence-corrected chi connectivity index (χ1v) is 8.60. The molecule has 29 heavy (non-hydrogen) atoms. The average Bonchev–Trinajstić information content (AvgIpc) is 2.71. The lowest BCUT2D eigenvalue weighted by atomic mass is 10.1. The lowest BCUT2D eigenvalue weighted by Gasteiger charge is -2.03. The second kappa shape index (κ2) is 7.36. The number of halogens is 4. The highest BCUT2D eigenvalue weighted by Gasteiger charge is 2.13. The van der Waals surface area contributed by atoms with Gasteiger partial charge in [0.2, 0.25) is 0 Å². The number of benzene rings is 3. The fraction of sp³-hybridized carbons (Fsp3) is 0.0435. The van der Waals surface area contributed by atoms with E-state index in [9.17, 15) is 17.6 Å². The summed E-state index contributed by atoms with van der Waals surface area (Å²) in [5, 5.41) is 0.114. The molecule has 0 unspecified atom stereocenters. The van der Waals surface area contributed by atoms with Gasteiger partial charge in [0.1, 0.15) is 5.82 Å². The molecule has 0 saturated carbocycles. The summed E-state index contributed by atoms with van der Waals surface area (Å²) in [6.45, 7) is 1.86. The van der Waals surface area contributed by atoms with Crippen LogP contribution in [0, 0.1) is 42.0 Å². The summed E-state index contributed by atoms with van der Waals surface area (Å²) >= 11 is 0. The fourth-order valence-corrected chi connectivity index (χ4v) is 2.82. The third-order valence-corrected chi connectivity index (χ3v) is 4.32. The van der Waals surface area contributed by atoms with Gasteiger partial charge in [0.15, 0.2) is 23.3 Å². The number of nitrogens with zero attached hydrogens (tertiary/aromatic N) is 2. The van der Waals surface area contributed by atoms with Crippen LogP contribution < -0.4 is 0 Å². The Bertz CT molecular complexity index is 1300. The van der Waals surface area contributed by atoms with Gasteiger partial charge in [-0.1, -0.05) is 17.9 Å². The van der Waals surface area contributed by atoms with Crippen LogP contribution in [-0.2, 0) is 0 Å². The zero-order valence-corrected chi connectivity index (χ0v) is 15.1. The van der Waals surface area contributed by atoms with Crippen molar-refractivity contribution in [2.24, 2.45) is 0 Å². The predicted molar refractivity (Wildman–Crippen MR) is 102 cm³/mol. The van der Waals surface area contributed by atoms with Crippen molar-refractivity contribution in [1.82, 2.24) is 9.97 Å². The summed E-state index contributed by atoms with van der Waals surface area (Å²) in [7, 11) is 0. The molecule has 0 amide bonds. The molecule has 3 aromatic carbocycles. The normalized spacial score (nSPS) is 10.7. The molecule has 4 aromatic rings. The van der Waals surface area contributed by atoms with Crippen molar-refractivity contribution in [2.75, 3.05) is 0 Å². The molecule has 6 heteroatoms. The minimum Gasteiger partial charge on any atom is -0.236 e. The molecule has 0 fully saturated rings. The maximum atomic E-state index is 14.4. The number of aryl methyl sites for hydroxylation is 1. The van der Waals surface area contributed by atoms with E-state index in [4.69, 9.17) is 0 Å². The first-order chi connectivity index (χ1) is 13.9. The molecule has 0 saturated heterocycles. The van der Waals surface area contributed by atoms with Gasteiger partial charge in [-0.3, -0.25) is 0 Å². The zero-order valence-electron chi connectivity index (χ0n) is 15.1. The van der Waals surface area contributed by atoms with E-state index >= 15 is 0 Å². The highest BCUT2D eigenvalue weighted by Crippen LogP contribution is 2.24. The summed E-state index contributed by atoms with van der Waals surface area (Å²) < 4.78 is 55.0. The molecule has 1 heterocycles. The molecule has 0 bridgehead atoms. The SMILES string of the molecule is Cc1cnc(-c2ccc(C#Cc3ccc4c(F)c(F)c(F)cc4c3)c(F)c2)nc1. The van der Waals surface area contributed by atoms with Crippen LogP contribution in [0.4, 0.5) is 17.6 Å². The Kier molecular flexibility index (Phi) is 4.73. The van der Waals surface area contributed by atoms with Crippen LogP contribution in [0.2, 0.25) is 0 Å². The third-order valence-electron chi connectivity index (χ3n) is 4.32. The van der Waals surface area contributed by atoms with Crippen molar-refractivity contribution in [2.45, 2.75) is 6.92 Å². The molecule has 0 aliphatic heterocycles. The quantitative estimate of drug-likeness (QED) is 0.241. The first-order valence-electron chi connectivity index (χ1n) is 8.60. The number of rotatable bonds is 1. The Morgan fingerprint density at radius 2 is 1.52 bits per heavy atom. The standard InChI is InChI=1S/C23H12F4N2/c1-13-11-28-23(29-12-13)16-6-5-15(19(24)9-16)4-2-14-3-7-18-17(8-14)10-20(25)22(27)21(18)26/h3,5-12H,1H3. The summed E-state index contributed by atoms with van der Waals surface area (Å²) in [4.78, 5) is 8.32. The Morgan fingerprint density at radius 1 is 0.759 bits per heavy atom.